The first kappa shape index (κ1) is 20.6. The lowest BCUT2D eigenvalue weighted by molar-refractivity contribution is -0.0499. The molecule has 13 heteroatoms. The van der Waals surface area contributed by atoms with E-state index in [1.807, 2.05) is 0 Å². The highest BCUT2D eigenvalue weighted by molar-refractivity contribution is 7.61. The number of fused-ring (bicyclic) bond motifs is 1. The molecule has 1 saturated heterocycles. The SMILES string of the molecule is CCOP(=O)(OCC)c1nc2c(Cl)ncnc2n1[C@@H]1O[C@H](CO)[C@@H](O)[C@H]1O. The molecule has 4 atom stereocenters. The number of halogens is 1. The number of aliphatic hydroxyl groups excluding tert-OH is 3. The minimum atomic E-state index is -3.94. The molecule has 3 N–H and O–H groups in total. The largest absolute Gasteiger partial charge is 0.396 e. The van der Waals surface area contributed by atoms with E-state index >= 15 is 0 Å². The molecule has 0 aromatic carbocycles. The summed E-state index contributed by atoms with van der Waals surface area (Å²) >= 11 is 6.08. The van der Waals surface area contributed by atoms with Crippen LogP contribution in [0.15, 0.2) is 6.33 Å². The molecular weight excluding hydrogens is 403 g/mol. The number of imidazole rings is 1. The van der Waals surface area contributed by atoms with E-state index in [2.05, 4.69) is 15.0 Å². The molecule has 0 radical (unpaired) electrons. The Kier molecular flexibility index (Phi) is 6.14. The lowest BCUT2D eigenvalue weighted by Crippen LogP contribution is -2.35. The van der Waals surface area contributed by atoms with Gasteiger partial charge in [-0.25, -0.2) is 15.0 Å². The molecule has 1 aliphatic rings. The second-order valence-corrected chi connectivity index (χ2v) is 7.95. The summed E-state index contributed by atoms with van der Waals surface area (Å²) < 4.78 is 30.8. The lowest BCUT2D eigenvalue weighted by atomic mass is 10.1. The molecule has 0 aliphatic carbocycles. The molecule has 3 rings (SSSR count). The summed E-state index contributed by atoms with van der Waals surface area (Å²) in [5, 5.41) is 29.9. The number of hydrogen-bond donors (Lipinski definition) is 3. The Morgan fingerprint density at radius 1 is 1.26 bits per heavy atom. The van der Waals surface area contributed by atoms with Gasteiger partial charge < -0.3 is 29.1 Å². The predicted molar refractivity (Wildman–Crippen MR) is 93.8 cm³/mol. The number of ether oxygens (including phenoxy) is 1. The van der Waals surface area contributed by atoms with E-state index in [1.165, 1.54) is 10.9 Å². The van der Waals surface area contributed by atoms with Crippen molar-refractivity contribution < 1.29 is 33.7 Å². The van der Waals surface area contributed by atoms with Crippen molar-refractivity contribution in [1.82, 2.24) is 19.5 Å². The third kappa shape index (κ3) is 3.50. The Labute approximate surface area is 159 Å². The number of rotatable bonds is 7. The van der Waals surface area contributed by atoms with Crippen LogP contribution in [0.5, 0.6) is 0 Å². The lowest BCUT2D eigenvalue weighted by Gasteiger charge is -2.22. The number of nitrogens with zero attached hydrogens (tertiary/aromatic N) is 4. The zero-order valence-corrected chi connectivity index (χ0v) is 16.2. The summed E-state index contributed by atoms with van der Waals surface area (Å²) in [4.78, 5) is 12.2. The van der Waals surface area contributed by atoms with Crippen LogP contribution in [-0.4, -0.2) is 73.0 Å². The average molecular weight is 423 g/mol. The molecule has 2 aromatic heterocycles. The maximum Gasteiger partial charge on any atom is 0.396 e. The van der Waals surface area contributed by atoms with Crippen LogP contribution in [0.3, 0.4) is 0 Å². The number of hydrogen-bond acceptors (Lipinski definition) is 10. The minimum Gasteiger partial charge on any atom is -0.394 e. The molecule has 0 spiro atoms. The topological polar surface area (TPSA) is 149 Å². The first-order valence-corrected chi connectivity index (χ1v) is 10.2. The van der Waals surface area contributed by atoms with E-state index in [4.69, 9.17) is 25.4 Å². The maximum atomic E-state index is 13.3. The van der Waals surface area contributed by atoms with Crippen LogP contribution in [0.1, 0.15) is 20.1 Å². The highest BCUT2D eigenvalue weighted by Gasteiger charge is 2.47. The first-order chi connectivity index (χ1) is 12.9. The molecule has 1 aliphatic heterocycles. The van der Waals surface area contributed by atoms with Crippen LogP contribution in [0.2, 0.25) is 5.15 Å². The van der Waals surface area contributed by atoms with Gasteiger partial charge in [-0.3, -0.25) is 9.13 Å². The van der Waals surface area contributed by atoms with Gasteiger partial charge in [0, 0.05) is 0 Å². The Bertz CT molecular complexity index is 855. The van der Waals surface area contributed by atoms with E-state index < -0.39 is 38.7 Å². The number of aromatic nitrogens is 4. The van der Waals surface area contributed by atoms with Crippen molar-refractivity contribution in [3.8, 4) is 0 Å². The molecular formula is C14H20ClN4O7P. The third-order valence-electron chi connectivity index (χ3n) is 4.03. The molecule has 0 bridgehead atoms. The fourth-order valence-electron chi connectivity index (χ4n) is 2.88. The molecule has 150 valence electrons. The van der Waals surface area contributed by atoms with Gasteiger partial charge in [-0.05, 0) is 13.8 Å². The van der Waals surface area contributed by atoms with Crippen LogP contribution in [0.25, 0.3) is 11.2 Å². The molecule has 3 heterocycles. The van der Waals surface area contributed by atoms with Gasteiger partial charge in [0.1, 0.15) is 30.2 Å². The Morgan fingerprint density at radius 2 is 1.93 bits per heavy atom. The van der Waals surface area contributed by atoms with Crippen molar-refractivity contribution in [3.63, 3.8) is 0 Å². The van der Waals surface area contributed by atoms with E-state index in [9.17, 15) is 19.9 Å². The smallest absolute Gasteiger partial charge is 0.394 e. The molecule has 11 nitrogen and oxygen atoms in total. The van der Waals surface area contributed by atoms with Crippen molar-refractivity contribution in [1.29, 1.82) is 0 Å². The highest BCUT2D eigenvalue weighted by atomic mass is 35.5. The van der Waals surface area contributed by atoms with E-state index in [-0.39, 0.29) is 35.1 Å². The van der Waals surface area contributed by atoms with E-state index in [0.717, 1.165) is 0 Å². The van der Waals surface area contributed by atoms with Crippen LogP contribution in [0, 0.1) is 0 Å². The quantitative estimate of drug-likeness (QED) is 0.410. The summed E-state index contributed by atoms with van der Waals surface area (Å²) in [6.45, 7) is 2.88. The Morgan fingerprint density at radius 3 is 2.48 bits per heavy atom. The third-order valence-corrected chi connectivity index (χ3v) is 6.31. The average Bonchev–Trinajstić information content (AvgIpc) is 3.15. The van der Waals surface area contributed by atoms with Crippen LogP contribution < -0.4 is 5.57 Å². The van der Waals surface area contributed by atoms with Crippen LogP contribution in [-0.2, 0) is 18.3 Å². The van der Waals surface area contributed by atoms with Gasteiger partial charge in [-0.2, -0.15) is 0 Å². The fraction of sp³-hybridized carbons (Fsp3) is 0.643. The van der Waals surface area contributed by atoms with Crippen molar-refractivity contribution in [3.05, 3.63) is 11.5 Å². The summed E-state index contributed by atoms with van der Waals surface area (Å²) in [5.74, 6) is 0. The molecule has 27 heavy (non-hydrogen) atoms. The summed E-state index contributed by atoms with van der Waals surface area (Å²) in [6, 6.07) is 0. The van der Waals surface area contributed by atoms with Gasteiger partial charge in [0.15, 0.2) is 17.0 Å². The zero-order chi connectivity index (χ0) is 19.8. The highest BCUT2D eigenvalue weighted by Crippen LogP contribution is 2.48. The van der Waals surface area contributed by atoms with E-state index in [0.29, 0.717) is 0 Å². The Balaban J connectivity index is 2.24. The summed E-state index contributed by atoms with van der Waals surface area (Å²) in [7, 11) is -3.94. The van der Waals surface area contributed by atoms with Gasteiger partial charge in [-0.15, -0.1) is 0 Å². The molecule has 0 saturated carbocycles. The summed E-state index contributed by atoms with van der Waals surface area (Å²) in [5.41, 5.74) is 0.0180. The second kappa shape index (κ2) is 8.06. The number of aliphatic hydroxyl groups is 3. The molecule has 1 fully saturated rings. The van der Waals surface area contributed by atoms with Gasteiger partial charge in [0.05, 0.1) is 19.8 Å². The molecule has 0 amide bonds. The normalized spacial score (nSPS) is 26.1. The zero-order valence-electron chi connectivity index (χ0n) is 14.6. The van der Waals surface area contributed by atoms with Crippen molar-refractivity contribution in [2.24, 2.45) is 0 Å². The standard InChI is InChI=1S/C14H20ClN4O7P/c1-3-24-27(23,25-4-2)14-18-8-11(15)16-6-17-12(8)19(14)13-10(22)9(21)7(5-20)26-13/h6-7,9-10,13,20-22H,3-5H2,1-2H3/t7-,9-,10-,13-/m1/s1. The fourth-order valence-corrected chi connectivity index (χ4v) is 4.73. The van der Waals surface area contributed by atoms with Gasteiger partial charge in [-0.1, -0.05) is 11.6 Å². The van der Waals surface area contributed by atoms with Gasteiger partial charge in [0.25, 0.3) is 0 Å². The molecule has 2 aromatic rings. The summed E-state index contributed by atoms with van der Waals surface area (Å²) in [6.07, 6.45) is -3.96. The van der Waals surface area contributed by atoms with Crippen molar-refractivity contribution in [2.45, 2.75) is 38.4 Å². The van der Waals surface area contributed by atoms with E-state index in [1.54, 1.807) is 13.8 Å². The maximum absolute atomic E-state index is 13.3. The van der Waals surface area contributed by atoms with Crippen molar-refractivity contribution in [2.75, 3.05) is 19.8 Å². The van der Waals surface area contributed by atoms with Gasteiger partial charge in [0.2, 0.25) is 5.57 Å². The van der Waals surface area contributed by atoms with Gasteiger partial charge >= 0.3 is 7.60 Å². The van der Waals surface area contributed by atoms with Crippen LogP contribution >= 0.6 is 19.2 Å². The van der Waals surface area contributed by atoms with Crippen molar-refractivity contribution >= 4 is 35.9 Å². The molecule has 0 unspecified atom stereocenters. The second-order valence-electron chi connectivity index (χ2n) is 5.68. The monoisotopic (exact) mass is 422 g/mol. The first-order valence-electron chi connectivity index (χ1n) is 8.28. The predicted octanol–water partition coefficient (Wildman–Crippen LogP) is -0.0174. The van der Waals surface area contributed by atoms with Crippen LogP contribution in [0.4, 0.5) is 0 Å². The minimum absolute atomic E-state index is 0.00806. The Hall–Kier alpha value is -1.17.